The fourth-order valence-corrected chi connectivity index (χ4v) is 1.79. The molecule has 0 fully saturated rings. The fraction of sp³-hybridized carbons (Fsp3) is 0.308. The maximum atomic E-state index is 11.0. The molecule has 1 aromatic rings. The number of carbonyl (C=O) groups excluding carboxylic acids is 1. The van der Waals surface area contributed by atoms with Crippen molar-refractivity contribution in [3.05, 3.63) is 48.0 Å². The van der Waals surface area contributed by atoms with Gasteiger partial charge in [-0.25, -0.2) is 4.79 Å². The molecule has 4 nitrogen and oxygen atoms in total. The van der Waals surface area contributed by atoms with Crippen molar-refractivity contribution < 1.29 is 19.7 Å². The minimum atomic E-state index is -1.12. The van der Waals surface area contributed by atoms with E-state index in [1.165, 1.54) is 6.08 Å². The number of ether oxygens (including phenoxy) is 1. The Morgan fingerprint density at radius 1 is 1.24 bits per heavy atom. The second-order valence-corrected chi connectivity index (χ2v) is 3.96. The maximum absolute atomic E-state index is 11.0. The van der Waals surface area contributed by atoms with Crippen molar-refractivity contribution in [3.63, 3.8) is 0 Å². The lowest BCUT2D eigenvalue weighted by Crippen LogP contribution is -2.36. The van der Waals surface area contributed by atoms with Crippen LogP contribution in [-0.4, -0.2) is 28.4 Å². The molecule has 0 amide bonds. The van der Waals surface area contributed by atoms with Crippen LogP contribution in [0.15, 0.2) is 42.5 Å². The molecule has 0 aromatic heterocycles. The molecule has 1 aliphatic rings. The van der Waals surface area contributed by atoms with Crippen molar-refractivity contribution in [1.29, 1.82) is 0 Å². The number of hydrogen-bond donors (Lipinski definition) is 2. The summed E-state index contributed by atoms with van der Waals surface area (Å²) in [7, 11) is 0. The van der Waals surface area contributed by atoms with Crippen LogP contribution in [0, 0.1) is 0 Å². The van der Waals surface area contributed by atoms with Crippen LogP contribution >= 0.6 is 0 Å². The Balaban J connectivity index is 2.07. The average molecular weight is 234 g/mol. The molecule has 2 N–H and O–H groups in total. The van der Waals surface area contributed by atoms with Gasteiger partial charge in [0.05, 0.1) is 0 Å². The molecule has 1 heterocycles. The summed E-state index contributed by atoms with van der Waals surface area (Å²) in [4.78, 5) is 11.0. The number of carbonyl (C=O) groups is 1. The van der Waals surface area contributed by atoms with Crippen molar-refractivity contribution in [2.75, 3.05) is 0 Å². The predicted octanol–water partition coefficient (Wildman–Crippen LogP) is 0.953. The van der Waals surface area contributed by atoms with Crippen LogP contribution in [0.25, 0.3) is 0 Å². The minimum absolute atomic E-state index is 0.413. The van der Waals surface area contributed by atoms with Gasteiger partial charge in [-0.05, 0) is 5.56 Å². The monoisotopic (exact) mass is 234 g/mol. The van der Waals surface area contributed by atoms with Gasteiger partial charge in [0.2, 0.25) is 0 Å². The standard InChI is InChI=1S/C13H14O4/c14-11-8-4-7-10(17-11)13(16)12(15)9-5-2-1-3-6-9/h1-6,8,10,12-13,15-16H,7H2/t10-,12-,13-/m0/s1. The number of cyclic esters (lactones) is 1. The Hall–Kier alpha value is -1.65. The van der Waals surface area contributed by atoms with Gasteiger partial charge in [0.1, 0.15) is 18.3 Å². The highest BCUT2D eigenvalue weighted by atomic mass is 16.6. The molecular weight excluding hydrogens is 220 g/mol. The summed E-state index contributed by atoms with van der Waals surface area (Å²) in [6, 6.07) is 8.81. The van der Waals surface area contributed by atoms with Gasteiger partial charge in [0.25, 0.3) is 0 Å². The minimum Gasteiger partial charge on any atom is -0.456 e. The zero-order valence-corrected chi connectivity index (χ0v) is 9.19. The molecule has 4 heteroatoms. The highest BCUT2D eigenvalue weighted by Crippen LogP contribution is 2.23. The van der Waals surface area contributed by atoms with Gasteiger partial charge in [-0.1, -0.05) is 36.4 Å². The molecule has 0 saturated carbocycles. The summed E-state index contributed by atoms with van der Waals surface area (Å²) in [5.74, 6) is -0.486. The van der Waals surface area contributed by atoms with Gasteiger partial charge in [-0.15, -0.1) is 0 Å². The molecule has 0 radical (unpaired) electrons. The Bertz CT molecular complexity index is 413. The zero-order chi connectivity index (χ0) is 12.3. The first-order valence-electron chi connectivity index (χ1n) is 5.46. The number of esters is 1. The van der Waals surface area contributed by atoms with Crippen molar-refractivity contribution in [1.82, 2.24) is 0 Å². The highest BCUT2D eigenvalue weighted by Gasteiger charge is 2.30. The summed E-state index contributed by atoms with van der Waals surface area (Å²) < 4.78 is 4.95. The van der Waals surface area contributed by atoms with E-state index in [1.54, 1.807) is 30.3 Å². The van der Waals surface area contributed by atoms with E-state index in [4.69, 9.17) is 4.74 Å². The number of benzene rings is 1. The van der Waals surface area contributed by atoms with E-state index in [2.05, 4.69) is 0 Å². The van der Waals surface area contributed by atoms with E-state index >= 15 is 0 Å². The number of rotatable bonds is 3. The van der Waals surface area contributed by atoms with Gasteiger partial charge in [-0.2, -0.15) is 0 Å². The number of aliphatic hydroxyl groups is 2. The molecule has 0 bridgehead atoms. The quantitative estimate of drug-likeness (QED) is 0.764. The van der Waals surface area contributed by atoms with Crippen molar-refractivity contribution in [2.45, 2.75) is 24.7 Å². The van der Waals surface area contributed by atoms with E-state index in [-0.39, 0.29) is 0 Å². The molecule has 90 valence electrons. The third-order valence-electron chi connectivity index (χ3n) is 2.74. The fourth-order valence-electron chi connectivity index (χ4n) is 1.79. The van der Waals surface area contributed by atoms with Crippen molar-refractivity contribution in [3.8, 4) is 0 Å². The molecule has 17 heavy (non-hydrogen) atoms. The van der Waals surface area contributed by atoms with Crippen molar-refractivity contribution in [2.24, 2.45) is 0 Å². The molecule has 0 aliphatic carbocycles. The van der Waals surface area contributed by atoms with Crippen LogP contribution in [0.5, 0.6) is 0 Å². The summed E-state index contributed by atoms with van der Waals surface area (Å²) in [6.07, 6.45) is 0.501. The van der Waals surface area contributed by atoms with E-state index in [9.17, 15) is 15.0 Å². The van der Waals surface area contributed by atoms with Gasteiger partial charge in [-0.3, -0.25) is 0 Å². The molecule has 2 rings (SSSR count). The first kappa shape index (κ1) is 11.8. The molecule has 3 atom stereocenters. The van der Waals surface area contributed by atoms with Gasteiger partial charge in [0, 0.05) is 12.5 Å². The average Bonchev–Trinajstić information content (AvgIpc) is 2.38. The van der Waals surface area contributed by atoms with Crippen LogP contribution in [-0.2, 0) is 9.53 Å². The van der Waals surface area contributed by atoms with E-state index in [0.717, 1.165) is 0 Å². The van der Waals surface area contributed by atoms with E-state index in [0.29, 0.717) is 12.0 Å². The lowest BCUT2D eigenvalue weighted by molar-refractivity contribution is -0.155. The Labute approximate surface area is 99.2 Å². The molecule has 0 spiro atoms. The molecule has 1 aliphatic heterocycles. The highest BCUT2D eigenvalue weighted by molar-refractivity contribution is 5.82. The third-order valence-corrected chi connectivity index (χ3v) is 2.74. The Morgan fingerprint density at radius 2 is 1.94 bits per heavy atom. The van der Waals surface area contributed by atoms with Crippen molar-refractivity contribution >= 4 is 5.97 Å². The summed E-state index contributed by atoms with van der Waals surface area (Å²) >= 11 is 0. The second kappa shape index (κ2) is 5.12. The first-order valence-corrected chi connectivity index (χ1v) is 5.46. The summed E-state index contributed by atoms with van der Waals surface area (Å²) in [5.41, 5.74) is 0.602. The van der Waals surface area contributed by atoms with Crippen LogP contribution in [0.1, 0.15) is 18.1 Å². The summed E-state index contributed by atoms with van der Waals surface area (Å²) in [6.45, 7) is 0. The predicted molar refractivity (Wildman–Crippen MR) is 61.0 cm³/mol. The zero-order valence-electron chi connectivity index (χ0n) is 9.19. The smallest absolute Gasteiger partial charge is 0.330 e. The Morgan fingerprint density at radius 3 is 2.59 bits per heavy atom. The van der Waals surface area contributed by atoms with Gasteiger partial charge >= 0.3 is 5.97 Å². The third kappa shape index (κ3) is 2.72. The van der Waals surface area contributed by atoms with Gasteiger partial charge in [0.15, 0.2) is 0 Å². The maximum Gasteiger partial charge on any atom is 0.330 e. The van der Waals surface area contributed by atoms with Gasteiger partial charge < -0.3 is 14.9 Å². The molecule has 1 aromatic carbocycles. The summed E-state index contributed by atoms with van der Waals surface area (Å²) in [5, 5.41) is 19.9. The SMILES string of the molecule is O=C1C=CC[C@@H]([C@H](O)[C@@H](O)c2ccccc2)O1. The van der Waals surface area contributed by atoms with Crippen LogP contribution < -0.4 is 0 Å². The largest absolute Gasteiger partial charge is 0.456 e. The Kier molecular flexibility index (Phi) is 3.56. The normalized spacial score (nSPS) is 22.9. The number of aliphatic hydroxyl groups excluding tert-OH is 2. The van der Waals surface area contributed by atoms with E-state index in [1.807, 2.05) is 6.07 Å². The molecule has 0 unspecified atom stereocenters. The number of hydrogen-bond acceptors (Lipinski definition) is 4. The van der Waals surface area contributed by atoms with Crippen LogP contribution in [0.4, 0.5) is 0 Å². The lowest BCUT2D eigenvalue weighted by atomic mass is 9.98. The topological polar surface area (TPSA) is 66.8 Å². The van der Waals surface area contributed by atoms with E-state index < -0.39 is 24.3 Å². The molecule has 0 saturated heterocycles. The lowest BCUT2D eigenvalue weighted by Gasteiger charge is -2.27. The van der Waals surface area contributed by atoms with Crippen LogP contribution in [0.3, 0.4) is 0 Å². The first-order chi connectivity index (χ1) is 8.18. The molecular formula is C13H14O4. The second-order valence-electron chi connectivity index (χ2n) is 3.96. The van der Waals surface area contributed by atoms with Crippen LogP contribution in [0.2, 0.25) is 0 Å².